The van der Waals surface area contributed by atoms with Crippen LogP contribution in [0, 0.1) is 17.1 Å². The van der Waals surface area contributed by atoms with Gasteiger partial charge in [-0.25, -0.2) is 12.8 Å². The second-order valence-electron chi connectivity index (χ2n) is 10.1. The van der Waals surface area contributed by atoms with Crippen molar-refractivity contribution in [3.05, 3.63) is 83.7 Å². The minimum atomic E-state index is -3.65. The van der Waals surface area contributed by atoms with Crippen molar-refractivity contribution in [1.29, 1.82) is 5.26 Å². The van der Waals surface area contributed by atoms with Gasteiger partial charge in [0.2, 0.25) is 10.0 Å². The van der Waals surface area contributed by atoms with Crippen molar-refractivity contribution in [1.82, 2.24) is 19.1 Å². The summed E-state index contributed by atoms with van der Waals surface area (Å²) in [4.78, 5) is 0. The van der Waals surface area contributed by atoms with Crippen LogP contribution in [-0.4, -0.2) is 33.5 Å². The van der Waals surface area contributed by atoms with Gasteiger partial charge in [0.1, 0.15) is 23.7 Å². The summed E-state index contributed by atoms with van der Waals surface area (Å²) in [5.74, 6) is -0.465. The average molecular weight is 508 g/mol. The van der Waals surface area contributed by atoms with E-state index in [0.29, 0.717) is 36.8 Å². The van der Waals surface area contributed by atoms with Crippen LogP contribution in [0.5, 0.6) is 0 Å². The smallest absolute Gasteiger partial charge is 0.221 e. The van der Waals surface area contributed by atoms with Crippen LogP contribution in [0.1, 0.15) is 73.4 Å². The molecule has 3 aromatic rings. The molecule has 1 aliphatic heterocycles. The maximum Gasteiger partial charge on any atom is 0.221 e. The minimum absolute atomic E-state index is 0.0196. The molecular weight excluding hydrogens is 477 g/mol. The van der Waals surface area contributed by atoms with Gasteiger partial charge in [-0.15, -0.1) is 10.2 Å². The molecule has 188 valence electrons. The Balaban J connectivity index is 1.36. The Morgan fingerprint density at radius 2 is 1.75 bits per heavy atom. The summed E-state index contributed by atoms with van der Waals surface area (Å²) in [6.07, 6.45) is 7.42. The third-order valence-electron chi connectivity index (χ3n) is 8.01. The first-order valence-corrected chi connectivity index (χ1v) is 13.9. The maximum atomic E-state index is 15.4. The Hall–Kier alpha value is -3.09. The predicted octanol–water partition coefficient (Wildman–Crippen LogP) is 5.05. The van der Waals surface area contributed by atoms with Crippen molar-refractivity contribution < 1.29 is 12.8 Å². The second kappa shape index (κ2) is 9.75. The topological polar surface area (TPSA) is 91.9 Å². The fourth-order valence-electron chi connectivity index (χ4n) is 5.75. The Kier molecular flexibility index (Phi) is 6.66. The third-order valence-corrected chi connectivity index (χ3v) is 10.4. The molecular formula is C27H30FN5O2S. The number of aromatic nitrogens is 3. The highest BCUT2D eigenvalue weighted by atomic mass is 32.2. The molecule has 0 N–H and O–H groups in total. The number of rotatable bonds is 5. The van der Waals surface area contributed by atoms with Crippen molar-refractivity contribution in [3.8, 4) is 6.07 Å². The Labute approximate surface area is 211 Å². The second-order valence-corrected chi connectivity index (χ2v) is 12.1. The molecule has 7 nitrogen and oxygen atoms in total. The Morgan fingerprint density at radius 3 is 2.39 bits per heavy atom. The van der Waals surface area contributed by atoms with Crippen molar-refractivity contribution in [2.75, 3.05) is 0 Å². The third kappa shape index (κ3) is 4.44. The Morgan fingerprint density at radius 1 is 1.06 bits per heavy atom. The largest absolute Gasteiger partial charge is 0.317 e. The maximum absolute atomic E-state index is 15.4. The van der Waals surface area contributed by atoms with Crippen molar-refractivity contribution in [3.63, 3.8) is 0 Å². The number of halogens is 1. The predicted molar refractivity (Wildman–Crippen MR) is 134 cm³/mol. The molecule has 5 rings (SSSR count). The van der Waals surface area contributed by atoms with Gasteiger partial charge in [0.05, 0.1) is 11.5 Å². The molecule has 0 unspecified atom stereocenters. The zero-order chi connectivity index (χ0) is 25.3. The van der Waals surface area contributed by atoms with E-state index < -0.39 is 26.5 Å². The van der Waals surface area contributed by atoms with Crippen LogP contribution in [0.25, 0.3) is 0 Å². The first-order chi connectivity index (χ1) is 17.3. The van der Waals surface area contributed by atoms with Crippen molar-refractivity contribution in [2.45, 2.75) is 74.7 Å². The van der Waals surface area contributed by atoms with Gasteiger partial charge in [-0.3, -0.25) is 0 Å². The van der Waals surface area contributed by atoms with E-state index in [4.69, 9.17) is 0 Å². The van der Waals surface area contributed by atoms with Crippen LogP contribution in [0.3, 0.4) is 0 Å². The van der Waals surface area contributed by atoms with Crippen LogP contribution < -0.4 is 0 Å². The SMILES string of the molecule is C[C@H]1CC[C@H](c2ccccc2)S(=O)(=O)N1Cc1ccc([C@]2(C#N)CC[C@@H](n3cnnc3)CC2)cc1F. The zero-order valence-electron chi connectivity index (χ0n) is 20.3. The molecule has 1 aliphatic carbocycles. The van der Waals surface area contributed by atoms with Gasteiger partial charge in [0.15, 0.2) is 0 Å². The van der Waals surface area contributed by atoms with Crippen LogP contribution in [-0.2, 0) is 22.0 Å². The number of hydrogen-bond donors (Lipinski definition) is 0. The molecule has 0 amide bonds. The lowest BCUT2D eigenvalue weighted by Crippen LogP contribution is -2.44. The lowest BCUT2D eigenvalue weighted by Gasteiger charge is -2.38. The summed E-state index contributed by atoms with van der Waals surface area (Å²) < 4.78 is 45.9. The van der Waals surface area contributed by atoms with E-state index in [1.54, 1.807) is 24.8 Å². The van der Waals surface area contributed by atoms with Crippen LogP contribution in [0.2, 0.25) is 0 Å². The van der Waals surface area contributed by atoms with Crippen LogP contribution in [0.15, 0.2) is 61.2 Å². The molecule has 2 fully saturated rings. The van der Waals surface area contributed by atoms with Gasteiger partial charge in [-0.05, 0) is 62.6 Å². The monoisotopic (exact) mass is 507 g/mol. The van der Waals surface area contributed by atoms with Gasteiger partial charge >= 0.3 is 0 Å². The number of nitrogens with zero attached hydrogens (tertiary/aromatic N) is 5. The van der Waals surface area contributed by atoms with Crippen molar-refractivity contribution in [2.24, 2.45) is 0 Å². The molecule has 1 saturated heterocycles. The molecule has 0 spiro atoms. The zero-order valence-corrected chi connectivity index (χ0v) is 21.1. The quantitative estimate of drug-likeness (QED) is 0.482. The first-order valence-electron chi connectivity index (χ1n) is 12.4. The van der Waals surface area contributed by atoms with E-state index in [2.05, 4.69) is 16.3 Å². The van der Waals surface area contributed by atoms with E-state index in [1.165, 1.54) is 10.4 Å². The molecule has 0 bridgehead atoms. The summed E-state index contributed by atoms with van der Waals surface area (Å²) in [7, 11) is -3.65. The molecule has 1 saturated carbocycles. The summed E-state index contributed by atoms with van der Waals surface area (Å²) in [5.41, 5.74) is 0.995. The van der Waals surface area contributed by atoms with Crippen LogP contribution >= 0.6 is 0 Å². The molecule has 36 heavy (non-hydrogen) atoms. The minimum Gasteiger partial charge on any atom is -0.317 e. The van der Waals surface area contributed by atoms with Gasteiger partial charge < -0.3 is 4.57 Å². The normalized spacial score (nSPS) is 28.4. The van der Waals surface area contributed by atoms with Crippen molar-refractivity contribution >= 4 is 10.0 Å². The highest BCUT2D eigenvalue weighted by Crippen LogP contribution is 2.43. The van der Waals surface area contributed by atoms with Gasteiger partial charge in [0, 0.05) is 24.2 Å². The van der Waals surface area contributed by atoms with E-state index >= 15 is 4.39 Å². The molecule has 9 heteroatoms. The molecule has 2 aliphatic rings. The Bertz CT molecular complexity index is 1350. The summed E-state index contributed by atoms with van der Waals surface area (Å²) in [6, 6.07) is 16.6. The standard InChI is InChI=1S/C27H30FN5O2S/c1-20-7-10-26(21-5-3-2-4-6-21)36(34,35)33(20)16-22-8-9-23(15-25(22)28)27(17-29)13-11-24(12-14-27)32-18-30-31-19-32/h2-6,8-9,15,18-20,24,26H,7,10-14,16H2,1H3/t20-,24-,26+,27-/m0/s1. The fraction of sp³-hybridized carbons (Fsp3) is 0.444. The lowest BCUT2D eigenvalue weighted by molar-refractivity contribution is 0.274. The summed E-state index contributed by atoms with van der Waals surface area (Å²) in [5, 5.41) is 17.2. The van der Waals surface area contributed by atoms with Crippen LogP contribution in [0.4, 0.5) is 4.39 Å². The van der Waals surface area contributed by atoms with Gasteiger partial charge in [-0.2, -0.15) is 9.57 Å². The molecule has 2 aromatic carbocycles. The number of benzene rings is 2. The van der Waals surface area contributed by atoms with Gasteiger partial charge in [-0.1, -0.05) is 42.5 Å². The first kappa shape index (κ1) is 24.6. The fourth-order valence-corrected chi connectivity index (χ4v) is 7.94. The number of hydrogen-bond acceptors (Lipinski definition) is 5. The molecule has 2 atom stereocenters. The van der Waals surface area contributed by atoms with E-state index in [0.717, 1.165) is 18.4 Å². The summed E-state index contributed by atoms with van der Waals surface area (Å²) in [6.45, 7) is 1.86. The molecule has 0 radical (unpaired) electrons. The summed E-state index contributed by atoms with van der Waals surface area (Å²) >= 11 is 0. The van der Waals surface area contributed by atoms with E-state index in [-0.39, 0.29) is 18.6 Å². The number of sulfonamides is 1. The highest BCUT2D eigenvalue weighted by molar-refractivity contribution is 7.89. The van der Waals surface area contributed by atoms with Gasteiger partial charge in [0.25, 0.3) is 0 Å². The van der Waals surface area contributed by atoms with E-state index in [9.17, 15) is 13.7 Å². The number of nitriles is 1. The lowest BCUT2D eigenvalue weighted by atomic mass is 9.69. The molecule has 2 heterocycles. The molecule has 1 aromatic heterocycles. The highest BCUT2D eigenvalue weighted by Gasteiger charge is 2.41. The average Bonchev–Trinajstić information content (AvgIpc) is 3.43. The van der Waals surface area contributed by atoms with E-state index in [1.807, 2.05) is 41.8 Å².